The van der Waals surface area contributed by atoms with E-state index in [1.165, 1.54) is 16.7 Å². The van der Waals surface area contributed by atoms with E-state index in [9.17, 15) is 0 Å². The summed E-state index contributed by atoms with van der Waals surface area (Å²) < 4.78 is 7.87. The zero-order valence-electron chi connectivity index (χ0n) is 20.0. The molecule has 1 nitrogen and oxygen atoms in total. The Hall–Kier alpha value is -0.643. The Kier molecular flexibility index (Phi) is 11.8. The van der Waals surface area contributed by atoms with Crippen molar-refractivity contribution in [2.24, 2.45) is 0 Å². The second kappa shape index (κ2) is 12.9. The molecule has 1 aromatic rings. The molecule has 0 saturated carbocycles. The molecule has 0 amide bonds. The quantitative estimate of drug-likeness (QED) is 0.214. The zero-order valence-corrected chi connectivity index (χ0v) is 22.6. The normalized spacial score (nSPS) is 13.8. The van der Waals surface area contributed by atoms with Gasteiger partial charge in [0.15, 0.2) is 0 Å². The topological polar surface area (TPSA) is 9.23 Å². The lowest BCUT2D eigenvalue weighted by atomic mass is 10.1. The first-order valence-electron chi connectivity index (χ1n) is 11.3. The molecule has 0 radical (unpaired) electrons. The monoisotopic (exact) mass is 478 g/mol. The van der Waals surface area contributed by atoms with Crippen molar-refractivity contribution in [3.05, 3.63) is 57.6 Å². The molecule has 0 spiro atoms. The first kappa shape index (κ1) is 26.4. The highest BCUT2D eigenvalue weighted by Gasteiger charge is 2.44. The first-order chi connectivity index (χ1) is 13.6. The minimum atomic E-state index is -1.76. The molecule has 164 valence electrons. The van der Waals surface area contributed by atoms with Gasteiger partial charge in [-0.3, -0.25) is 0 Å². The molecule has 3 heteroatoms. The molecule has 0 fully saturated rings. The van der Waals surface area contributed by atoms with E-state index in [0.29, 0.717) is 16.6 Å². The van der Waals surface area contributed by atoms with Crippen LogP contribution in [0.5, 0.6) is 0 Å². The lowest BCUT2D eigenvalue weighted by Crippen LogP contribution is -2.48. The molecular formula is C26H43BrOSi. The highest BCUT2D eigenvalue weighted by Crippen LogP contribution is 2.42. The van der Waals surface area contributed by atoms with Gasteiger partial charge in [-0.25, -0.2) is 0 Å². The summed E-state index contributed by atoms with van der Waals surface area (Å²) in [5, 5.41) is 0. The number of hydrogen-bond donors (Lipinski definition) is 0. The fourth-order valence-corrected chi connectivity index (χ4v) is 10.5. The maximum atomic E-state index is 6.71. The van der Waals surface area contributed by atoms with Crippen molar-refractivity contribution >= 4 is 24.2 Å². The zero-order chi connectivity index (χ0) is 22.0. The average molecular weight is 480 g/mol. The van der Waals surface area contributed by atoms with Crippen LogP contribution in [0, 0.1) is 0 Å². The van der Waals surface area contributed by atoms with Crippen LogP contribution in [-0.4, -0.2) is 14.9 Å². The molecular weight excluding hydrogens is 436 g/mol. The molecule has 0 saturated heterocycles. The molecule has 1 aromatic carbocycles. The third-order valence-corrected chi connectivity index (χ3v) is 12.7. The highest BCUT2D eigenvalue weighted by atomic mass is 79.9. The van der Waals surface area contributed by atoms with Crippen LogP contribution in [0.25, 0.3) is 0 Å². The van der Waals surface area contributed by atoms with E-state index in [0.717, 1.165) is 36.8 Å². The van der Waals surface area contributed by atoms with Gasteiger partial charge in [-0.2, -0.15) is 0 Å². The minimum Gasteiger partial charge on any atom is -0.412 e. The Morgan fingerprint density at radius 2 is 1.52 bits per heavy atom. The molecule has 0 heterocycles. The Morgan fingerprint density at radius 3 is 2.07 bits per heavy atom. The number of hydrogen-bond acceptors (Lipinski definition) is 1. The van der Waals surface area contributed by atoms with Gasteiger partial charge in [0.1, 0.15) is 0 Å². The second-order valence-corrected chi connectivity index (χ2v) is 15.8. The number of allylic oxidation sites excluding steroid dienone is 3. The second-order valence-electron chi connectivity index (χ2n) is 9.41. The van der Waals surface area contributed by atoms with Crippen LogP contribution < -0.4 is 0 Å². The predicted molar refractivity (Wildman–Crippen MR) is 136 cm³/mol. The Morgan fingerprint density at radius 1 is 0.931 bits per heavy atom. The van der Waals surface area contributed by atoms with E-state index in [1.54, 1.807) is 0 Å². The van der Waals surface area contributed by atoms with Crippen molar-refractivity contribution in [3.8, 4) is 0 Å². The maximum absolute atomic E-state index is 6.71. The van der Waals surface area contributed by atoms with Gasteiger partial charge in [0.05, 0.1) is 6.61 Å². The standard InChI is InChI=1S/C26H43BrOSi/c1-20(2)29(21(3)4,22(5)6)28-19-24(8)14-9-12-23(7)13-10-15-25-16-11-17-26(27)18-25/h11,13-14,16-18,20-22H,9-10,12,15,19H2,1-8H3/b23-13+,24-14+. The van der Waals surface area contributed by atoms with Crippen molar-refractivity contribution in [1.29, 1.82) is 0 Å². The summed E-state index contributed by atoms with van der Waals surface area (Å²) in [5.74, 6) is 0. The lowest BCUT2D eigenvalue weighted by Gasteiger charge is -2.42. The van der Waals surface area contributed by atoms with Gasteiger partial charge >= 0.3 is 0 Å². The summed E-state index contributed by atoms with van der Waals surface area (Å²) in [7, 11) is -1.76. The summed E-state index contributed by atoms with van der Waals surface area (Å²) >= 11 is 3.55. The van der Waals surface area contributed by atoms with Crippen LogP contribution >= 0.6 is 15.9 Å². The van der Waals surface area contributed by atoms with Crippen LogP contribution in [-0.2, 0) is 10.8 Å². The number of benzene rings is 1. The van der Waals surface area contributed by atoms with E-state index < -0.39 is 8.32 Å². The third kappa shape index (κ3) is 8.55. The van der Waals surface area contributed by atoms with Gasteiger partial charge in [-0.15, -0.1) is 0 Å². The molecule has 0 unspecified atom stereocenters. The van der Waals surface area contributed by atoms with Gasteiger partial charge in [-0.05, 0) is 73.9 Å². The molecule has 0 aliphatic heterocycles. The van der Waals surface area contributed by atoms with Crippen LogP contribution in [0.4, 0.5) is 0 Å². The van der Waals surface area contributed by atoms with Gasteiger partial charge in [0.25, 0.3) is 0 Å². The van der Waals surface area contributed by atoms with E-state index in [1.807, 2.05) is 0 Å². The van der Waals surface area contributed by atoms with Crippen molar-refractivity contribution < 1.29 is 4.43 Å². The van der Waals surface area contributed by atoms with Crippen molar-refractivity contribution in [2.45, 2.75) is 97.7 Å². The van der Waals surface area contributed by atoms with Crippen molar-refractivity contribution in [3.63, 3.8) is 0 Å². The predicted octanol–water partition coefficient (Wildman–Crippen LogP) is 9.25. The molecule has 29 heavy (non-hydrogen) atoms. The molecule has 0 aliphatic rings. The number of aryl methyl sites for hydroxylation is 1. The summed E-state index contributed by atoms with van der Waals surface area (Å²) in [5.41, 5.74) is 6.19. The summed E-state index contributed by atoms with van der Waals surface area (Å²) in [4.78, 5) is 0. The summed E-state index contributed by atoms with van der Waals surface area (Å²) in [6, 6.07) is 8.61. The Bertz CT molecular complexity index is 651. The average Bonchev–Trinajstić information content (AvgIpc) is 2.61. The van der Waals surface area contributed by atoms with Gasteiger partial charge in [0.2, 0.25) is 8.32 Å². The largest absolute Gasteiger partial charge is 0.412 e. The fourth-order valence-electron chi connectivity index (χ4n) is 4.62. The smallest absolute Gasteiger partial charge is 0.200 e. The number of halogens is 1. The van der Waals surface area contributed by atoms with E-state index in [-0.39, 0.29) is 0 Å². The van der Waals surface area contributed by atoms with Crippen molar-refractivity contribution in [2.75, 3.05) is 6.61 Å². The molecule has 0 atom stereocenters. The SMILES string of the molecule is C/C(=C\CCc1cccc(Br)c1)CC/C=C(\C)CO[Si](C(C)C)(C(C)C)C(C)C. The Labute approximate surface area is 190 Å². The maximum Gasteiger partial charge on any atom is 0.200 e. The van der Waals surface area contributed by atoms with Crippen molar-refractivity contribution in [1.82, 2.24) is 0 Å². The third-order valence-electron chi connectivity index (χ3n) is 6.10. The van der Waals surface area contributed by atoms with Gasteiger partial charge in [0, 0.05) is 4.47 Å². The van der Waals surface area contributed by atoms with Crippen LogP contribution in [0.2, 0.25) is 16.6 Å². The fraction of sp³-hybridized carbons (Fsp3) is 0.615. The van der Waals surface area contributed by atoms with Gasteiger partial charge in [-0.1, -0.05) is 92.9 Å². The molecule has 0 N–H and O–H groups in total. The summed E-state index contributed by atoms with van der Waals surface area (Å²) in [6.45, 7) is 19.4. The molecule has 0 bridgehead atoms. The highest BCUT2D eigenvalue weighted by molar-refractivity contribution is 9.10. The minimum absolute atomic E-state index is 0.644. The van der Waals surface area contributed by atoms with Crippen LogP contribution in [0.1, 0.15) is 80.2 Å². The van der Waals surface area contributed by atoms with E-state index in [4.69, 9.17) is 4.43 Å². The van der Waals surface area contributed by atoms with E-state index in [2.05, 4.69) is 108 Å². The first-order valence-corrected chi connectivity index (χ1v) is 14.2. The summed E-state index contributed by atoms with van der Waals surface area (Å²) in [6.07, 6.45) is 9.23. The van der Waals surface area contributed by atoms with Crippen LogP contribution in [0.15, 0.2) is 52.0 Å². The lowest BCUT2D eigenvalue weighted by molar-refractivity contribution is 0.307. The Balaban J connectivity index is 2.49. The van der Waals surface area contributed by atoms with E-state index >= 15 is 0 Å². The molecule has 0 aliphatic carbocycles. The molecule has 0 aromatic heterocycles. The van der Waals surface area contributed by atoms with Gasteiger partial charge < -0.3 is 4.43 Å². The molecule has 1 rings (SSSR count). The van der Waals surface area contributed by atoms with Crippen LogP contribution in [0.3, 0.4) is 0 Å². The number of rotatable bonds is 12.